The first kappa shape index (κ1) is 15.0. The summed E-state index contributed by atoms with van der Waals surface area (Å²) in [6, 6.07) is 8.66. The molecule has 0 radical (unpaired) electrons. The topological polar surface area (TPSA) is 21.3 Å². The number of ether oxygens (including phenoxy) is 1. The summed E-state index contributed by atoms with van der Waals surface area (Å²) in [6.07, 6.45) is 9.61. The van der Waals surface area contributed by atoms with Crippen molar-refractivity contribution in [1.29, 1.82) is 0 Å². The molecule has 0 spiro atoms. The summed E-state index contributed by atoms with van der Waals surface area (Å²) in [5, 5.41) is 3.62. The van der Waals surface area contributed by atoms with Crippen molar-refractivity contribution in [2.24, 2.45) is 11.8 Å². The zero-order chi connectivity index (χ0) is 15.4. The zero-order valence-corrected chi connectivity index (χ0v) is 13.3. The van der Waals surface area contributed by atoms with E-state index in [1.54, 1.807) is 0 Å². The number of aryl methyl sites for hydroxylation is 1. The van der Waals surface area contributed by atoms with Crippen LogP contribution in [0.2, 0.25) is 0 Å². The first-order valence-electron chi connectivity index (χ1n) is 8.26. The van der Waals surface area contributed by atoms with Gasteiger partial charge >= 0.3 is 0 Å². The Morgan fingerprint density at radius 3 is 3.05 bits per heavy atom. The molecular weight excluding hydrogens is 270 g/mol. The number of rotatable bonds is 3. The molecule has 2 aliphatic heterocycles. The first-order valence-corrected chi connectivity index (χ1v) is 8.26. The molecular formula is C20H25NO. The van der Waals surface area contributed by atoms with Gasteiger partial charge in [-0.15, -0.1) is 0 Å². The summed E-state index contributed by atoms with van der Waals surface area (Å²) in [5.41, 5.74) is 4.02. The van der Waals surface area contributed by atoms with Crippen LogP contribution in [0.1, 0.15) is 25.3 Å². The number of hydrogen-bond acceptors (Lipinski definition) is 2. The van der Waals surface area contributed by atoms with Gasteiger partial charge in [-0.2, -0.15) is 0 Å². The van der Waals surface area contributed by atoms with Crippen molar-refractivity contribution >= 4 is 5.69 Å². The van der Waals surface area contributed by atoms with Gasteiger partial charge in [-0.1, -0.05) is 43.9 Å². The molecule has 0 amide bonds. The third kappa shape index (κ3) is 3.27. The van der Waals surface area contributed by atoms with Gasteiger partial charge < -0.3 is 10.1 Å². The highest BCUT2D eigenvalue weighted by Gasteiger charge is 2.22. The van der Waals surface area contributed by atoms with Crippen LogP contribution in [0.3, 0.4) is 0 Å². The number of hydrogen-bond donors (Lipinski definition) is 1. The molecule has 0 aromatic heterocycles. The van der Waals surface area contributed by atoms with Gasteiger partial charge in [0.15, 0.2) is 0 Å². The molecule has 22 heavy (non-hydrogen) atoms. The number of para-hydroxylation sites is 1. The summed E-state index contributed by atoms with van der Waals surface area (Å²) in [4.78, 5) is 0. The maximum atomic E-state index is 5.80. The lowest BCUT2D eigenvalue weighted by molar-refractivity contribution is 0.259. The van der Waals surface area contributed by atoms with Crippen LogP contribution in [0, 0.1) is 11.8 Å². The third-order valence-corrected chi connectivity index (χ3v) is 4.78. The average Bonchev–Trinajstić information content (AvgIpc) is 2.84. The van der Waals surface area contributed by atoms with Gasteiger partial charge in [-0.3, -0.25) is 0 Å². The molecule has 2 unspecified atom stereocenters. The molecule has 2 nitrogen and oxygen atoms in total. The molecule has 1 N–H and O–H groups in total. The van der Waals surface area contributed by atoms with Crippen LogP contribution in [0.25, 0.3) is 0 Å². The van der Waals surface area contributed by atoms with Crippen molar-refractivity contribution in [3.8, 4) is 0 Å². The SMILES string of the molecule is C=CC=C1CCOC1=CC(C)C1CCc2ccccc2NC1. The van der Waals surface area contributed by atoms with Crippen LogP contribution in [-0.2, 0) is 11.2 Å². The Morgan fingerprint density at radius 2 is 2.18 bits per heavy atom. The molecule has 2 aliphatic rings. The van der Waals surface area contributed by atoms with E-state index in [4.69, 9.17) is 4.74 Å². The second-order valence-corrected chi connectivity index (χ2v) is 6.25. The molecule has 0 bridgehead atoms. The first-order chi connectivity index (χ1) is 10.8. The van der Waals surface area contributed by atoms with Crippen molar-refractivity contribution in [1.82, 2.24) is 0 Å². The van der Waals surface area contributed by atoms with Crippen LogP contribution >= 0.6 is 0 Å². The highest BCUT2D eigenvalue weighted by atomic mass is 16.5. The molecule has 0 aliphatic carbocycles. The van der Waals surface area contributed by atoms with E-state index < -0.39 is 0 Å². The Balaban J connectivity index is 1.70. The van der Waals surface area contributed by atoms with Crippen LogP contribution < -0.4 is 5.32 Å². The number of anilines is 1. The van der Waals surface area contributed by atoms with Crippen molar-refractivity contribution in [2.75, 3.05) is 18.5 Å². The Labute approximate surface area is 133 Å². The highest BCUT2D eigenvalue weighted by Crippen LogP contribution is 2.31. The molecule has 1 aromatic rings. The number of nitrogens with one attached hydrogen (secondary N) is 1. The minimum atomic E-state index is 0.503. The Hall–Kier alpha value is -1.96. The molecule has 116 valence electrons. The van der Waals surface area contributed by atoms with Crippen LogP contribution in [-0.4, -0.2) is 13.2 Å². The van der Waals surface area contributed by atoms with E-state index >= 15 is 0 Å². The lowest BCUT2D eigenvalue weighted by Gasteiger charge is -2.20. The lowest BCUT2D eigenvalue weighted by atomic mass is 9.88. The Bertz CT molecular complexity index is 572. The van der Waals surface area contributed by atoms with E-state index in [1.165, 1.54) is 23.2 Å². The van der Waals surface area contributed by atoms with E-state index in [9.17, 15) is 0 Å². The van der Waals surface area contributed by atoms with E-state index in [-0.39, 0.29) is 0 Å². The van der Waals surface area contributed by atoms with Crippen molar-refractivity contribution in [3.05, 3.63) is 66.0 Å². The van der Waals surface area contributed by atoms with Gasteiger partial charge in [0.1, 0.15) is 5.76 Å². The molecule has 1 aromatic carbocycles. The third-order valence-electron chi connectivity index (χ3n) is 4.78. The van der Waals surface area contributed by atoms with E-state index in [0.717, 1.165) is 31.8 Å². The smallest absolute Gasteiger partial charge is 0.118 e. The van der Waals surface area contributed by atoms with Gasteiger partial charge in [0.2, 0.25) is 0 Å². The molecule has 1 saturated heterocycles. The summed E-state index contributed by atoms with van der Waals surface area (Å²) in [7, 11) is 0. The van der Waals surface area contributed by atoms with E-state index in [2.05, 4.69) is 55.2 Å². The minimum absolute atomic E-state index is 0.503. The maximum absolute atomic E-state index is 5.80. The molecule has 2 heteroatoms. The fourth-order valence-corrected chi connectivity index (χ4v) is 3.37. The van der Waals surface area contributed by atoms with Gasteiger partial charge in [0.05, 0.1) is 6.61 Å². The number of allylic oxidation sites excluding steroid dienone is 4. The zero-order valence-electron chi connectivity index (χ0n) is 13.3. The Morgan fingerprint density at radius 1 is 1.32 bits per heavy atom. The van der Waals surface area contributed by atoms with Crippen LogP contribution in [0.15, 0.2) is 60.4 Å². The van der Waals surface area contributed by atoms with Crippen molar-refractivity contribution in [2.45, 2.75) is 26.2 Å². The molecule has 1 fully saturated rings. The summed E-state index contributed by atoms with van der Waals surface area (Å²) >= 11 is 0. The largest absolute Gasteiger partial charge is 0.493 e. The fraction of sp³-hybridized carbons (Fsp3) is 0.400. The second kappa shape index (κ2) is 6.87. The van der Waals surface area contributed by atoms with E-state index in [1.807, 2.05) is 6.08 Å². The van der Waals surface area contributed by atoms with Crippen LogP contribution in [0.5, 0.6) is 0 Å². The second-order valence-electron chi connectivity index (χ2n) is 6.25. The normalized spacial score (nSPS) is 26.0. The van der Waals surface area contributed by atoms with Crippen LogP contribution in [0.4, 0.5) is 5.69 Å². The summed E-state index contributed by atoms with van der Waals surface area (Å²) in [6.45, 7) is 7.93. The highest BCUT2D eigenvalue weighted by molar-refractivity contribution is 5.52. The van der Waals surface area contributed by atoms with Gasteiger partial charge in [-0.25, -0.2) is 0 Å². The fourth-order valence-electron chi connectivity index (χ4n) is 3.37. The maximum Gasteiger partial charge on any atom is 0.118 e. The quantitative estimate of drug-likeness (QED) is 0.871. The standard InChI is InChI=1S/C20H25NO/c1-3-6-17-11-12-22-20(17)13-15(2)18-10-9-16-7-4-5-8-19(16)21-14-18/h3-8,13,15,18,21H,1,9-12,14H2,2H3. The summed E-state index contributed by atoms with van der Waals surface area (Å²) < 4.78 is 5.80. The predicted molar refractivity (Wildman–Crippen MR) is 92.8 cm³/mol. The predicted octanol–water partition coefficient (Wildman–Crippen LogP) is 4.71. The molecule has 0 saturated carbocycles. The molecule has 2 atom stereocenters. The molecule has 2 heterocycles. The van der Waals surface area contributed by atoms with E-state index in [0.29, 0.717) is 11.8 Å². The minimum Gasteiger partial charge on any atom is -0.493 e. The van der Waals surface area contributed by atoms with Gasteiger partial charge in [0, 0.05) is 18.7 Å². The number of fused-ring (bicyclic) bond motifs is 1. The summed E-state index contributed by atoms with van der Waals surface area (Å²) in [5.74, 6) is 2.20. The van der Waals surface area contributed by atoms with Crippen molar-refractivity contribution in [3.63, 3.8) is 0 Å². The van der Waals surface area contributed by atoms with Crippen molar-refractivity contribution < 1.29 is 4.74 Å². The molecule has 3 rings (SSSR count). The average molecular weight is 295 g/mol. The monoisotopic (exact) mass is 295 g/mol. The number of benzene rings is 1. The van der Waals surface area contributed by atoms with Gasteiger partial charge in [-0.05, 0) is 48.0 Å². The Kier molecular flexibility index (Phi) is 4.67. The van der Waals surface area contributed by atoms with Gasteiger partial charge in [0.25, 0.3) is 0 Å². The lowest BCUT2D eigenvalue weighted by Crippen LogP contribution is -2.19.